The first-order valence-electron chi connectivity index (χ1n) is 5.26. The molecule has 0 aliphatic carbocycles. The molecule has 6 heteroatoms. The molecule has 1 aromatic carbocycles. The smallest absolute Gasteiger partial charge is 0.326 e. The molecule has 18 heavy (non-hydrogen) atoms. The molecular formula is C12H14BrNO4. The van der Waals surface area contributed by atoms with Crippen molar-refractivity contribution in [3.05, 3.63) is 28.2 Å². The van der Waals surface area contributed by atoms with Gasteiger partial charge in [0.2, 0.25) is 5.91 Å². The lowest BCUT2D eigenvalue weighted by molar-refractivity contribution is -0.141. The van der Waals surface area contributed by atoms with Gasteiger partial charge in [0.05, 0.1) is 11.6 Å². The second-order valence-electron chi connectivity index (χ2n) is 3.76. The van der Waals surface area contributed by atoms with Crippen LogP contribution >= 0.6 is 15.9 Å². The van der Waals surface area contributed by atoms with Gasteiger partial charge in [-0.1, -0.05) is 6.07 Å². The fourth-order valence-corrected chi connectivity index (χ4v) is 2.11. The van der Waals surface area contributed by atoms with Crippen molar-refractivity contribution < 1.29 is 19.4 Å². The Labute approximate surface area is 113 Å². The summed E-state index contributed by atoms with van der Waals surface area (Å²) in [6.07, 6.45) is 0.220. The predicted octanol–water partition coefficient (Wildman–Crippen LogP) is 1.59. The summed E-state index contributed by atoms with van der Waals surface area (Å²) in [5, 5.41) is 11.4. The van der Waals surface area contributed by atoms with E-state index in [-0.39, 0.29) is 12.3 Å². The first kappa shape index (κ1) is 14.5. The maximum Gasteiger partial charge on any atom is 0.326 e. The third kappa shape index (κ3) is 4.03. The molecule has 1 rings (SSSR count). The summed E-state index contributed by atoms with van der Waals surface area (Å²) in [7, 11) is 1.55. The Morgan fingerprint density at radius 2 is 2.17 bits per heavy atom. The molecule has 0 bridgehead atoms. The van der Waals surface area contributed by atoms with Crippen molar-refractivity contribution in [1.29, 1.82) is 0 Å². The van der Waals surface area contributed by atoms with E-state index >= 15 is 0 Å². The minimum Gasteiger partial charge on any atom is -0.496 e. The highest BCUT2D eigenvalue weighted by Gasteiger charge is 2.19. The molecule has 0 radical (unpaired) electrons. The number of rotatable bonds is 5. The summed E-state index contributed by atoms with van der Waals surface area (Å²) in [6, 6.07) is 4.35. The van der Waals surface area contributed by atoms with Crippen LogP contribution in [0.4, 0.5) is 0 Å². The second-order valence-corrected chi connectivity index (χ2v) is 4.62. The Morgan fingerprint density at radius 1 is 1.50 bits per heavy atom. The van der Waals surface area contributed by atoms with Crippen LogP contribution in [0.3, 0.4) is 0 Å². The van der Waals surface area contributed by atoms with E-state index in [0.717, 1.165) is 10.0 Å². The molecule has 5 nitrogen and oxygen atoms in total. The van der Waals surface area contributed by atoms with Crippen molar-refractivity contribution in [2.75, 3.05) is 7.11 Å². The first-order valence-corrected chi connectivity index (χ1v) is 6.05. The van der Waals surface area contributed by atoms with Crippen LogP contribution in [0.15, 0.2) is 22.7 Å². The summed E-state index contributed by atoms with van der Waals surface area (Å²) < 4.78 is 5.83. The number of aliphatic carboxylic acids is 1. The van der Waals surface area contributed by atoms with Crippen LogP contribution in [0.25, 0.3) is 0 Å². The zero-order valence-corrected chi connectivity index (χ0v) is 11.7. The van der Waals surface area contributed by atoms with E-state index in [4.69, 9.17) is 9.84 Å². The average Bonchev–Trinajstić information content (AvgIpc) is 2.27. The zero-order valence-electron chi connectivity index (χ0n) is 10.1. The summed E-state index contributed by atoms with van der Waals surface area (Å²) in [5.41, 5.74) is 0.795. The summed E-state index contributed by atoms with van der Waals surface area (Å²) in [5.74, 6) is -0.753. The highest BCUT2D eigenvalue weighted by atomic mass is 79.9. The van der Waals surface area contributed by atoms with Crippen LogP contribution in [-0.2, 0) is 16.0 Å². The number of hydrogen-bond donors (Lipinski definition) is 2. The third-order valence-electron chi connectivity index (χ3n) is 2.33. The summed E-state index contributed by atoms with van der Waals surface area (Å²) in [4.78, 5) is 21.9. The standard InChI is InChI=1S/C12H14BrNO4/c1-7(15)14-10(12(16)17)6-8-3-4-11(18-2)9(13)5-8/h3-5,10H,6H2,1-2H3,(H,14,15)(H,16,17). The molecule has 0 saturated carbocycles. The summed E-state index contributed by atoms with van der Waals surface area (Å²) >= 11 is 3.33. The summed E-state index contributed by atoms with van der Waals surface area (Å²) in [6.45, 7) is 1.29. The van der Waals surface area contributed by atoms with Crippen LogP contribution in [0, 0.1) is 0 Å². The van der Waals surface area contributed by atoms with E-state index in [2.05, 4.69) is 21.2 Å². The Morgan fingerprint density at radius 3 is 2.61 bits per heavy atom. The number of carboxylic acid groups (broad SMARTS) is 1. The molecule has 2 N–H and O–H groups in total. The van der Waals surface area contributed by atoms with Gasteiger partial charge in [-0.05, 0) is 33.6 Å². The maximum atomic E-state index is 11.0. The fourth-order valence-electron chi connectivity index (χ4n) is 1.52. The molecule has 1 atom stereocenters. The van der Waals surface area contributed by atoms with Crippen molar-refractivity contribution in [3.63, 3.8) is 0 Å². The molecule has 1 unspecified atom stereocenters. The number of methoxy groups -OCH3 is 1. The van der Waals surface area contributed by atoms with Gasteiger partial charge in [0, 0.05) is 13.3 Å². The molecule has 0 aliphatic heterocycles. The lowest BCUT2D eigenvalue weighted by atomic mass is 10.1. The fraction of sp³-hybridized carbons (Fsp3) is 0.333. The van der Waals surface area contributed by atoms with Gasteiger partial charge in [-0.2, -0.15) is 0 Å². The minimum atomic E-state index is -1.06. The molecule has 98 valence electrons. The van der Waals surface area contributed by atoms with Gasteiger partial charge < -0.3 is 15.2 Å². The van der Waals surface area contributed by atoms with Crippen molar-refractivity contribution >= 4 is 27.8 Å². The minimum absolute atomic E-state index is 0.220. The van der Waals surface area contributed by atoms with E-state index in [1.165, 1.54) is 6.92 Å². The van der Waals surface area contributed by atoms with Gasteiger partial charge >= 0.3 is 5.97 Å². The van der Waals surface area contributed by atoms with Crippen molar-refractivity contribution in [2.45, 2.75) is 19.4 Å². The molecular weight excluding hydrogens is 302 g/mol. The van der Waals surface area contributed by atoms with E-state index < -0.39 is 12.0 Å². The number of halogens is 1. The second kappa shape index (κ2) is 6.39. The van der Waals surface area contributed by atoms with Gasteiger partial charge in [0.25, 0.3) is 0 Å². The number of amides is 1. The highest BCUT2D eigenvalue weighted by molar-refractivity contribution is 9.10. The van der Waals surface area contributed by atoms with Crippen molar-refractivity contribution in [3.8, 4) is 5.75 Å². The molecule has 0 spiro atoms. The SMILES string of the molecule is COc1ccc(CC(NC(C)=O)C(=O)O)cc1Br. The van der Waals surface area contributed by atoms with Gasteiger partial charge in [-0.15, -0.1) is 0 Å². The van der Waals surface area contributed by atoms with E-state index in [1.54, 1.807) is 25.3 Å². The Balaban J connectivity index is 2.84. The quantitative estimate of drug-likeness (QED) is 0.865. The number of benzene rings is 1. The number of carboxylic acids is 1. The van der Waals surface area contributed by atoms with Gasteiger partial charge in [0.15, 0.2) is 0 Å². The van der Waals surface area contributed by atoms with Crippen molar-refractivity contribution in [1.82, 2.24) is 5.32 Å². The van der Waals surface area contributed by atoms with Crippen LogP contribution in [0.2, 0.25) is 0 Å². The lowest BCUT2D eigenvalue weighted by Gasteiger charge is -2.14. The average molecular weight is 316 g/mol. The Kier molecular flexibility index (Phi) is 5.15. The molecule has 0 heterocycles. The Bertz CT molecular complexity index is 461. The predicted molar refractivity (Wildman–Crippen MR) is 69.6 cm³/mol. The zero-order chi connectivity index (χ0) is 13.7. The molecule has 0 fully saturated rings. The third-order valence-corrected chi connectivity index (χ3v) is 2.95. The van der Waals surface area contributed by atoms with E-state index in [0.29, 0.717) is 5.75 Å². The largest absolute Gasteiger partial charge is 0.496 e. The lowest BCUT2D eigenvalue weighted by Crippen LogP contribution is -2.41. The monoisotopic (exact) mass is 315 g/mol. The highest BCUT2D eigenvalue weighted by Crippen LogP contribution is 2.25. The number of carbonyl (C=O) groups excluding carboxylic acids is 1. The van der Waals surface area contributed by atoms with Crippen LogP contribution < -0.4 is 10.1 Å². The molecule has 0 aliphatic rings. The molecule has 0 aromatic heterocycles. The Hall–Kier alpha value is -1.56. The van der Waals surface area contributed by atoms with Gasteiger partial charge in [0.1, 0.15) is 11.8 Å². The van der Waals surface area contributed by atoms with E-state index in [9.17, 15) is 9.59 Å². The number of hydrogen-bond acceptors (Lipinski definition) is 3. The first-order chi connectivity index (χ1) is 8.43. The molecule has 1 aromatic rings. The van der Waals surface area contributed by atoms with Gasteiger partial charge in [-0.3, -0.25) is 4.79 Å². The number of ether oxygens (including phenoxy) is 1. The number of carbonyl (C=O) groups is 2. The van der Waals surface area contributed by atoms with Gasteiger partial charge in [-0.25, -0.2) is 4.79 Å². The van der Waals surface area contributed by atoms with Crippen LogP contribution in [0.5, 0.6) is 5.75 Å². The molecule has 1 amide bonds. The maximum absolute atomic E-state index is 11.0. The number of nitrogens with one attached hydrogen (secondary N) is 1. The van der Waals surface area contributed by atoms with Crippen LogP contribution in [0.1, 0.15) is 12.5 Å². The topological polar surface area (TPSA) is 75.6 Å². The van der Waals surface area contributed by atoms with Crippen LogP contribution in [-0.4, -0.2) is 30.1 Å². The molecule has 0 saturated heterocycles. The van der Waals surface area contributed by atoms with Crippen molar-refractivity contribution in [2.24, 2.45) is 0 Å². The van der Waals surface area contributed by atoms with E-state index in [1.807, 2.05) is 0 Å². The normalized spacial score (nSPS) is 11.7.